The Kier molecular flexibility index (Phi) is 50.7. The van der Waals surface area contributed by atoms with Crippen LogP contribution in [0.3, 0.4) is 0 Å². The average molecular weight is 885 g/mol. The topological polar surface area (TPSA) is 146 Å². The van der Waals surface area contributed by atoms with Crippen LogP contribution >= 0.6 is 0 Å². The summed E-state index contributed by atoms with van der Waals surface area (Å²) in [4.78, 5) is 11.6. The van der Waals surface area contributed by atoms with Gasteiger partial charge in [0.1, 0.15) is 5.60 Å². The number of ether oxygens (including phenoxy) is 14. The van der Waals surface area contributed by atoms with Crippen molar-refractivity contribution in [2.75, 3.05) is 172 Å². The molecule has 61 heavy (non-hydrogen) atoms. The molecule has 0 aliphatic carbocycles. The van der Waals surface area contributed by atoms with E-state index in [4.69, 9.17) is 66.3 Å². The number of hydrogen-bond donors (Lipinski definition) is 0. The maximum Gasteiger partial charge on any atom is 0.308 e. The summed E-state index contributed by atoms with van der Waals surface area (Å²) < 4.78 is 76.9. The first-order valence-corrected chi connectivity index (χ1v) is 23.7. The summed E-state index contributed by atoms with van der Waals surface area (Å²) in [5, 5.41) is 0. The quantitative estimate of drug-likeness (QED) is 0.0455. The molecule has 0 saturated heterocycles. The van der Waals surface area contributed by atoms with Crippen LogP contribution in [0, 0.1) is 0 Å². The van der Waals surface area contributed by atoms with E-state index in [0.29, 0.717) is 165 Å². The van der Waals surface area contributed by atoms with Crippen molar-refractivity contribution in [2.45, 2.75) is 123 Å². The smallest absolute Gasteiger partial charge is 0.308 e. The van der Waals surface area contributed by atoms with Gasteiger partial charge in [-0.3, -0.25) is 4.79 Å². The number of rotatable bonds is 53. The fraction of sp³-hybridized carbons (Fsp3) is 0.978. The van der Waals surface area contributed by atoms with Crippen LogP contribution in [-0.4, -0.2) is 183 Å². The maximum atomic E-state index is 11.6. The van der Waals surface area contributed by atoms with Gasteiger partial charge in [-0.15, -0.1) is 0 Å². The van der Waals surface area contributed by atoms with Crippen LogP contribution in [0.15, 0.2) is 0 Å². The Morgan fingerprint density at radius 3 is 0.705 bits per heavy atom. The number of esters is 1. The number of carbonyl (C=O) groups excluding carboxylic acids is 1. The van der Waals surface area contributed by atoms with Crippen LogP contribution in [-0.2, 0) is 71.1 Å². The lowest BCUT2D eigenvalue weighted by molar-refractivity contribution is -0.156. The molecular formula is C46H92O15. The third kappa shape index (κ3) is 56.9. The first kappa shape index (κ1) is 60.0. The predicted octanol–water partition coefficient (Wildman–Crippen LogP) is 7.03. The fourth-order valence-corrected chi connectivity index (χ4v) is 5.51. The van der Waals surface area contributed by atoms with E-state index >= 15 is 0 Å². The lowest BCUT2D eigenvalue weighted by atomic mass is 10.0. The van der Waals surface area contributed by atoms with Gasteiger partial charge in [-0.1, -0.05) is 84.0 Å². The van der Waals surface area contributed by atoms with Crippen molar-refractivity contribution in [1.29, 1.82) is 0 Å². The number of hydrogen-bond acceptors (Lipinski definition) is 15. The first-order valence-electron chi connectivity index (χ1n) is 23.7. The molecule has 0 saturated carbocycles. The second kappa shape index (κ2) is 51.6. The minimum atomic E-state index is -0.475. The van der Waals surface area contributed by atoms with Gasteiger partial charge < -0.3 is 66.3 Å². The van der Waals surface area contributed by atoms with Crippen LogP contribution in [0.1, 0.15) is 118 Å². The highest BCUT2D eigenvalue weighted by Gasteiger charge is 2.15. The first-order chi connectivity index (χ1) is 30.0. The van der Waals surface area contributed by atoms with Crippen molar-refractivity contribution < 1.29 is 71.1 Å². The molecule has 0 amide bonds. The summed E-state index contributed by atoms with van der Waals surface area (Å²) in [5.74, 6) is -0.264. The molecule has 0 heterocycles. The summed E-state index contributed by atoms with van der Waals surface area (Å²) in [7, 11) is 0. The number of carbonyl (C=O) groups is 1. The van der Waals surface area contributed by atoms with Gasteiger partial charge in [0.25, 0.3) is 0 Å². The lowest BCUT2D eigenvalue weighted by Gasteiger charge is -2.19. The van der Waals surface area contributed by atoms with Gasteiger partial charge >= 0.3 is 5.97 Å². The van der Waals surface area contributed by atoms with E-state index < -0.39 is 5.60 Å². The van der Waals surface area contributed by atoms with E-state index in [1.165, 1.54) is 77.0 Å². The van der Waals surface area contributed by atoms with Gasteiger partial charge in [0, 0.05) is 6.61 Å². The highest BCUT2D eigenvalue weighted by Crippen LogP contribution is 2.12. The van der Waals surface area contributed by atoms with Crippen LogP contribution < -0.4 is 0 Å². The summed E-state index contributed by atoms with van der Waals surface area (Å²) >= 11 is 0. The molecule has 15 heteroatoms. The summed E-state index contributed by atoms with van der Waals surface area (Å²) in [6, 6.07) is 0. The monoisotopic (exact) mass is 885 g/mol. The van der Waals surface area contributed by atoms with Crippen molar-refractivity contribution in [3.05, 3.63) is 0 Å². The lowest BCUT2D eigenvalue weighted by Crippen LogP contribution is -2.24. The molecule has 0 aliphatic heterocycles. The molecule has 0 radical (unpaired) electrons. The molecule has 0 aromatic heterocycles. The summed E-state index contributed by atoms with van der Waals surface area (Å²) in [6.45, 7) is 21.2. The van der Waals surface area contributed by atoms with E-state index in [0.717, 1.165) is 13.0 Å². The highest BCUT2D eigenvalue weighted by atomic mass is 16.6. The molecule has 0 unspecified atom stereocenters. The third-order valence-electron chi connectivity index (χ3n) is 8.73. The Bertz CT molecular complexity index is 833. The van der Waals surface area contributed by atoms with Crippen molar-refractivity contribution in [1.82, 2.24) is 0 Å². The molecule has 0 aliphatic rings. The van der Waals surface area contributed by atoms with Gasteiger partial charge in [0.2, 0.25) is 0 Å². The van der Waals surface area contributed by atoms with Crippen LogP contribution in [0.5, 0.6) is 0 Å². The molecule has 0 spiro atoms. The molecule has 0 aromatic carbocycles. The zero-order valence-electron chi connectivity index (χ0n) is 39.4. The molecule has 0 bridgehead atoms. The Labute approximate surface area is 371 Å². The minimum absolute atomic E-state index is 0.231. The second-order valence-electron chi connectivity index (χ2n) is 15.5. The molecule has 0 N–H and O–H groups in total. The molecule has 366 valence electrons. The average Bonchev–Trinajstić information content (AvgIpc) is 3.23. The Hall–Kier alpha value is -1.05. The molecule has 0 atom stereocenters. The summed E-state index contributed by atoms with van der Waals surface area (Å²) in [6.07, 6.45) is 18.0. The minimum Gasteiger partial charge on any atom is -0.460 e. The van der Waals surface area contributed by atoms with Gasteiger partial charge in [0.05, 0.1) is 172 Å². The number of unbranched alkanes of at least 4 members (excludes halogenated alkanes) is 12. The predicted molar refractivity (Wildman–Crippen MR) is 237 cm³/mol. The normalized spacial score (nSPS) is 11.9. The summed E-state index contributed by atoms with van der Waals surface area (Å²) in [5.41, 5.74) is -0.475. The third-order valence-corrected chi connectivity index (χ3v) is 8.73. The molecule has 15 nitrogen and oxygen atoms in total. The van der Waals surface area contributed by atoms with E-state index in [1.54, 1.807) is 0 Å². The maximum absolute atomic E-state index is 11.6. The van der Waals surface area contributed by atoms with Gasteiger partial charge in [-0.05, 0) is 27.2 Å². The van der Waals surface area contributed by atoms with E-state index in [-0.39, 0.29) is 12.4 Å². The SMILES string of the molecule is CCCCCCCCCCCCCCCOCCOCCOCCOCCOCCOCCOCCOCCOCCOCCOCCOCCOCCC(=O)OC(C)(C)C. The van der Waals surface area contributed by atoms with Crippen LogP contribution in [0.4, 0.5) is 0 Å². The Morgan fingerprint density at radius 2 is 0.475 bits per heavy atom. The zero-order valence-corrected chi connectivity index (χ0v) is 39.4. The van der Waals surface area contributed by atoms with E-state index in [2.05, 4.69) is 6.92 Å². The fourth-order valence-electron chi connectivity index (χ4n) is 5.51. The molecular weight excluding hydrogens is 792 g/mol. The standard InChI is InChI=1S/C46H92O15/c1-5-6-7-8-9-10-11-12-13-14-15-16-17-19-48-21-23-50-25-27-52-29-31-54-33-35-56-37-39-58-41-43-60-44-42-59-40-38-57-36-34-55-32-30-53-28-26-51-24-22-49-20-18-45(47)61-46(2,3)4/h5-44H2,1-4H3. The highest BCUT2D eigenvalue weighted by molar-refractivity contribution is 5.69. The largest absolute Gasteiger partial charge is 0.460 e. The van der Waals surface area contributed by atoms with Crippen LogP contribution in [0.2, 0.25) is 0 Å². The van der Waals surface area contributed by atoms with Gasteiger partial charge in [-0.25, -0.2) is 0 Å². The van der Waals surface area contributed by atoms with Crippen molar-refractivity contribution in [2.24, 2.45) is 0 Å². The van der Waals surface area contributed by atoms with Crippen molar-refractivity contribution in [3.8, 4) is 0 Å². The molecule has 0 aromatic rings. The van der Waals surface area contributed by atoms with E-state index in [1.807, 2.05) is 20.8 Å². The molecule has 0 rings (SSSR count). The van der Waals surface area contributed by atoms with Crippen molar-refractivity contribution >= 4 is 5.97 Å². The van der Waals surface area contributed by atoms with Gasteiger partial charge in [0.15, 0.2) is 0 Å². The Balaban J connectivity index is 3.09. The molecule has 0 fully saturated rings. The Morgan fingerprint density at radius 1 is 0.279 bits per heavy atom. The second-order valence-corrected chi connectivity index (χ2v) is 15.5. The zero-order chi connectivity index (χ0) is 44.3. The van der Waals surface area contributed by atoms with E-state index in [9.17, 15) is 4.79 Å². The van der Waals surface area contributed by atoms with Crippen LogP contribution in [0.25, 0.3) is 0 Å². The van der Waals surface area contributed by atoms with Crippen molar-refractivity contribution in [3.63, 3.8) is 0 Å². The van der Waals surface area contributed by atoms with Gasteiger partial charge in [-0.2, -0.15) is 0 Å².